The van der Waals surface area contributed by atoms with Gasteiger partial charge in [0.15, 0.2) is 0 Å². The van der Waals surface area contributed by atoms with E-state index in [-0.39, 0.29) is 22.9 Å². The number of halogens is 3. The van der Waals surface area contributed by atoms with Crippen molar-refractivity contribution in [3.8, 4) is 16.9 Å². The van der Waals surface area contributed by atoms with E-state index in [9.17, 15) is 29.0 Å². The van der Waals surface area contributed by atoms with E-state index in [1.807, 2.05) is 4.98 Å². The first-order chi connectivity index (χ1) is 14.6. The maximum Gasteiger partial charge on any atom is 0.342 e. The molecule has 160 valence electrons. The molecule has 0 aliphatic heterocycles. The van der Waals surface area contributed by atoms with Crippen molar-refractivity contribution in [1.29, 1.82) is 0 Å². The minimum Gasteiger partial charge on any atom is -0.488 e. The summed E-state index contributed by atoms with van der Waals surface area (Å²) < 4.78 is 19.5. The number of ether oxygens (including phenoxy) is 1. The van der Waals surface area contributed by atoms with Crippen LogP contribution in [-0.2, 0) is 6.61 Å². The smallest absolute Gasteiger partial charge is 0.342 e. The van der Waals surface area contributed by atoms with Gasteiger partial charge in [-0.15, -0.1) is 0 Å². The molecule has 1 heterocycles. The van der Waals surface area contributed by atoms with Crippen LogP contribution in [0.15, 0.2) is 45.7 Å². The molecule has 8 nitrogen and oxygen atoms in total. The quantitative estimate of drug-likeness (QED) is 0.389. The molecule has 0 unspecified atom stereocenters. The van der Waals surface area contributed by atoms with Crippen molar-refractivity contribution in [2.75, 3.05) is 5.73 Å². The number of pyridine rings is 1. The van der Waals surface area contributed by atoms with Crippen molar-refractivity contribution in [2.24, 2.45) is 0 Å². The summed E-state index contributed by atoms with van der Waals surface area (Å²) in [5.41, 5.74) is 3.22. The number of H-pyrrole nitrogens is 1. The van der Waals surface area contributed by atoms with Crippen LogP contribution in [0.5, 0.6) is 5.75 Å². The standard InChI is InChI=1S/C20H13BrClFN2O6/c21-9-2-4-13(31-7-8-1-3-10(23)6-12(8)22)11(5-9)14-15(19(27)28)17(24)25-18(26)16(14)20(29)30/h1-6H,7H2,(H,27,28)(H,29,30)(H3,24,25,26). The number of nitrogens with two attached hydrogens (primary N) is 1. The number of carbonyl (C=O) groups is 2. The molecular formula is C20H13BrClFN2O6. The normalized spacial score (nSPS) is 10.7. The average Bonchev–Trinajstić information content (AvgIpc) is 2.66. The fourth-order valence-corrected chi connectivity index (χ4v) is 3.52. The molecule has 0 radical (unpaired) electrons. The Kier molecular flexibility index (Phi) is 6.32. The molecule has 0 bridgehead atoms. The van der Waals surface area contributed by atoms with Gasteiger partial charge in [0.1, 0.15) is 35.1 Å². The van der Waals surface area contributed by atoms with Gasteiger partial charge < -0.3 is 25.7 Å². The molecule has 2 aromatic carbocycles. The van der Waals surface area contributed by atoms with E-state index in [2.05, 4.69) is 15.9 Å². The lowest BCUT2D eigenvalue weighted by Crippen LogP contribution is -2.24. The van der Waals surface area contributed by atoms with Gasteiger partial charge in [-0.2, -0.15) is 0 Å². The monoisotopic (exact) mass is 510 g/mol. The summed E-state index contributed by atoms with van der Waals surface area (Å²) in [4.78, 5) is 38.0. The first-order valence-corrected chi connectivity index (χ1v) is 9.66. The molecule has 0 saturated heterocycles. The number of rotatable bonds is 6. The lowest BCUT2D eigenvalue weighted by molar-refractivity contribution is 0.0695. The zero-order valence-electron chi connectivity index (χ0n) is 15.4. The van der Waals surface area contributed by atoms with E-state index in [0.717, 1.165) is 6.07 Å². The molecule has 11 heteroatoms. The highest BCUT2D eigenvalue weighted by Gasteiger charge is 2.28. The third kappa shape index (κ3) is 4.54. The van der Waals surface area contributed by atoms with Gasteiger partial charge in [0.2, 0.25) is 0 Å². The third-order valence-electron chi connectivity index (χ3n) is 4.28. The highest BCUT2D eigenvalue weighted by atomic mass is 79.9. The molecule has 3 rings (SSSR count). The first kappa shape index (κ1) is 22.3. The molecule has 0 aliphatic carbocycles. The maximum absolute atomic E-state index is 13.3. The molecule has 3 aromatic rings. The van der Waals surface area contributed by atoms with E-state index in [4.69, 9.17) is 22.1 Å². The Morgan fingerprint density at radius 1 is 1.13 bits per heavy atom. The Morgan fingerprint density at radius 3 is 2.42 bits per heavy atom. The fraction of sp³-hybridized carbons (Fsp3) is 0.0500. The summed E-state index contributed by atoms with van der Waals surface area (Å²) in [6.07, 6.45) is 0. The van der Waals surface area contributed by atoms with Crippen molar-refractivity contribution in [3.63, 3.8) is 0 Å². The molecule has 0 saturated carbocycles. The number of aromatic nitrogens is 1. The number of hydrogen-bond acceptors (Lipinski definition) is 5. The molecule has 0 fully saturated rings. The highest BCUT2D eigenvalue weighted by molar-refractivity contribution is 9.10. The predicted molar refractivity (Wildman–Crippen MR) is 114 cm³/mol. The van der Waals surface area contributed by atoms with E-state index in [0.29, 0.717) is 10.0 Å². The van der Waals surface area contributed by atoms with Crippen molar-refractivity contribution in [2.45, 2.75) is 6.61 Å². The second-order valence-corrected chi connectivity index (χ2v) is 7.59. The van der Waals surface area contributed by atoms with Gasteiger partial charge in [-0.05, 0) is 30.3 Å². The van der Waals surface area contributed by atoms with E-state index >= 15 is 0 Å². The molecule has 31 heavy (non-hydrogen) atoms. The molecule has 0 amide bonds. The van der Waals surface area contributed by atoms with Crippen LogP contribution >= 0.6 is 27.5 Å². The van der Waals surface area contributed by atoms with Crippen LogP contribution < -0.4 is 16.0 Å². The highest BCUT2D eigenvalue weighted by Crippen LogP contribution is 2.38. The van der Waals surface area contributed by atoms with Crippen LogP contribution in [-0.4, -0.2) is 27.1 Å². The number of aromatic carboxylic acids is 2. The van der Waals surface area contributed by atoms with Crippen molar-refractivity contribution in [1.82, 2.24) is 4.98 Å². The van der Waals surface area contributed by atoms with Gasteiger partial charge in [-0.3, -0.25) is 4.79 Å². The topological polar surface area (TPSA) is 143 Å². The Morgan fingerprint density at radius 2 is 1.81 bits per heavy atom. The molecular weight excluding hydrogens is 499 g/mol. The fourth-order valence-electron chi connectivity index (χ4n) is 2.93. The summed E-state index contributed by atoms with van der Waals surface area (Å²) in [5.74, 6) is -4.18. The summed E-state index contributed by atoms with van der Waals surface area (Å²) in [7, 11) is 0. The largest absolute Gasteiger partial charge is 0.488 e. The Hall–Kier alpha value is -3.37. The number of benzene rings is 2. The number of nitrogens with one attached hydrogen (secondary N) is 1. The summed E-state index contributed by atoms with van der Waals surface area (Å²) in [6, 6.07) is 8.12. The molecule has 0 aliphatic rings. The third-order valence-corrected chi connectivity index (χ3v) is 5.13. The van der Waals surface area contributed by atoms with Gasteiger partial charge in [0, 0.05) is 21.2 Å². The van der Waals surface area contributed by atoms with Gasteiger partial charge in [0.25, 0.3) is 5.56 Å². The molecule has 1 aromatic heterocycles. The van der Waals surface area contributed by atoms with Crippen molar-refractivity contribution in [3.05, 3.63) is 78.8 Å². The van der Waals surface area contributed by atoms with Gasteiger partial charge in [-0.25, -0.2) is 14.0 Å². The minimum absolute atomic E-state index is 0.000194. The van der Waals surface area contributed by atoms with Crippen LogP contribution in [0.2, 0.25) is 5.02 Å². The van der Waals surface area contributed by atoms with Gasteiger partial charge >= 0.3 is 11.9 Å². The van der Waals surface area contributed by atoms with Crippen LogP contribution in [0.4, 0.5) is 10.2 Å². The Balaban J connectivity index is 2.22. The Bertz CT molecular complexity index is 1280. The second-order valence-electron chi connectivity index (χ2n) is 6.27. The van der Waals surface area contributed by atoms with Crippen LogP contribution in [0.1, 0.15) is 26.3 Å². The maximum atomic E-state index is 13.3. The van der Waals surface area contributed by atoms with Crippen molar-refractivity contribution < 1.29 is 28.9 Å². The van der Waals surface area contributed by atoms with E-state index in [1.165, 1.54) is 24.3 Å². The molecule has 5 N–H and O–H groups in total. The van der Waals surface area contributed by atoms with Gasteiger partial charge in [-0.1, -0.05) is 33.6 Å². The average molecular weight is 512 g/mol. The SMILES string of the molecule is Nc1[nH]c(=O)c(C(=O)O)c(-c2cc(Br)ccc2OCc2ccc(F)cc2Cl)c1C(=O)O. The van der Waals surface area contributed by atoms with Crippen molar-refractivity contribution >= 4 is 45.3 Å². The molecule has 0 atom stereocenters. The first-order valence-electron chi connectivity index (χ1n) is 8.49. The lowest BCUT2D eigenvalue weighted by Gasteiger charge is -2.17. The van der Waals surface area contributed by atoms with Gasteiger partial charge in [0.05, 0.1) is 5.02 Å². The zero-order chi connectivity index (χ0) is 22.9. The van der Waals surface area contributed by atoms with E-state index < -0.39 is 45.8 Å². The minimum atomic E-state index is -1.65. The Labute approximate surface area is 187 Å². The summed E-state index contributed by atoms with van der Waals surface area (Å²) in [5, 5.41) is 19.3. The molecule has 0 spiro atoms. The summed E-state index contributed by atoms with van der Waals surface area (Å²) in [6.45, 7) is -0.142. The zero-order valence-corrected chi connectivity index (χ0v) is 17.8. The van der Waals surface area contributed by atoms with E-state index in [1.54, 1.807) is 6.07 Å². The van der Waals surface area contributed by atoms with Crippen LogP contribution in [0.25, 0.3) is 11.1 Å². The summed E-state index contributed by atoms with van der Waals surface area (Å²) >= 11 is 9.25. The number of anilines is 1. The number of hydrogen-bond donors (Lipinski definition) is 4. The number of carboxylic acids is 2. The number of carboxylic acid groups (broad SMARTS) is 2. The second kappa shape index (κ2) is 8.78. The number of aromatic amines is 1. The van der Waals surface area contributed by atoms with Crippen LogP contribution in [0, 0.1) is 5.82 Å². The number of nitrogen functional groups attached to an aromatic ring is 1. The van der Waals surface area contributed by atoms with Crippen LogP contribution in [0.3, 0.4) is 0 Å². The predicted octanol–water partition coefficient (Wildman–Crippen LogP) is 4.15. The lowest BCUT2D eigenvalue weighted by atomic mass is 9.94.